The predicted molar refractivity (Wildman–Crippen MR) is 123 cm³/mol. The lowest BCUT2D eigenvalue weighted by Crippen LogP contribution is -2.21. The Kier molecular flexibility index (Phi) is 5.89. The molecule has 0 aliphatic carbocycles. The number of carbonyl (C=O) groups is 3. The summed E-state index contributed by atoms with van der Waals surface area (Å²) in [7, 11) is 0. The van der Waals surface area contributed by atoms with Gasteiger partial charge in [0.25, 0.3) is 5.91 Å². The van der Waals surface area contributed by atoms with Gasteiger partial charge in [0.2, 0.25) is 0 Å². The number of hydrazone groups is 1. The number of carboxylic acids is 1. The van der Waals surface area contributed by atoms with Gasteiger partial charge in [-0.25, -0.2) is 9.59 Å². The highest BCUT2D eigenvalue weighted by Gasteiger charge is 2.29. The number of hydrogen-bond acceptors (Lipinski definition) is 6. The summed E-state index contributed by atoms with van der Waals surface area (Å²) in [4.78, 5) is 37.0. The van der Waals surface area contributed by atoms with Gasteiger partial charge in [-0.05, 0) is 60.3 Å². The zero-order valence-corrected chi connectivity index (χ0v) is 18.2. The van der Waals surface area contributed by atoms with E-state index in [9.17, 15) is 19.5 Å². The summed E-state index contributed by atoms with van der Waals surface area (Å²) in [5, 5.41) is 16.5. The van der Waals surface area contributed by atoms with E-state index in [1.165, 1.54) is 29.5 Å². The maximum atomic E-state index is 13.0. The molecule has 3 aromatic rings. The van der Waals surface area contributed by atoms with Gasteiger partial charge in [0.15, 0.2) is 0 Å². The Balaban J connectivity index is 1.59. The van der Waals surface area contributed by atoms with Crippen molar-refractivity contribution in [3.05, 3.63) is 86.6 Å². The molecule has 7 nitrogen and oxygen atoms in total. The summed E-state index contributed by atoms with van der Waals surface area (Å²) in [5.74, 6) is -1.72. The van der Waals surface area contributed by atoms with Crippen molar-refractivity contribution in [3.8, 4) is 5.75 Å². The van der Waals surface area contributed by atoms with Crippen molar-refractivity contribution < 1.29 is 24.2 Å². The molecule has 0 bridgehead atoms. The monoisotopic (exact) mass is 466 g/mol. The van der Waals surface area contributed by atoms with Crippen LogP contribution in [0.3, 0.4) is 0 Å². The van der Waals surface area contributed by atoms with E-state index in [0.717, 1.165) is 5.01 Å². The highest BCUT2D eigenvalue weighted by Crippen LogP contribution is 2.29. The van der Waals surface area contributed by atoms with Gasteiger partial charge in [0, 0.05) is 0 Å². The lowest BCUT2D eigenvalue weighted by atomic mass is 10.1. The third-order valence-corrected chi connectivity index (χ3v) is 5.77. The highest BCUT2D eigenvalue weighted by atomic mass is 35.5. The summed E-state index contributed by atoms with van der Waals surface area (Å²) in [6.45, 7) is 1.68. The number of anilines is 1. The minimum atomic E-state index is -1.20. The molecule has 0 spiro atoms. The summed E-state index contributed by atoms with van der Waals surface area (Å²) >= 11 is 7.20. The molecule has 1 aliphatic heterocycles. The normalized spacial score (nSPS) is 14.6. The molecule has 2 heterocycles. The van der Waals surface area contributed by atoms with Crippen molar-refractivity contribution >= 4 is 58.3 Å². The molecule has 9 heteroatoms. The van der Waals surface area contributed by atoms with Gasteiger partial charge in [-0.2, -0.15) is 10.1 Å². The number of nitrogens with zero attached hydrogens (tertiary/aromatic N) is 2. The summed E-state index contributed by atoms with van der Waals surface area (Å²) in [5.41, 5.74) is 1.60. The van der Waals surface area contributed by atoms with Crippen LogP contribution in [-0.2, 0) is 4.79 Å². The van der Waals surface area contributed by atoms with E-state index < -0.39 is 17.8 Å². The maximum absolute atomic E-state index is 13.0. The fraction of sp³-hybridized carbons (Fsp3) is 0.0435. The summed E-state index contributed by atoms with van der Waals surface area (Å²) in [6, 6.07) is 14.5. The molecule has 1 aromatic heterocycles. The van der Waals surface area contributed by atoms with Crippen molar-refractivity contribution in [2.75, 3.05) is 5.01 Å². The van der Waals surface area contributed by atoms with Gasteiger partial charge < -0.3 is 9.84 Å². The average molecular weight is 467 g/mol. The Morgan fingerprint density at radius 3 is 2.69 bits per heavy atom. The van der Waals surface area contributed by atoms with E-state index in [2.05, 4.69) is 5.10 Å². The number of carboxylic acid groups (broad SMARTS) is 1. The SMILES string of the molecule is CC1=NN(c2ccc(Cl)c(C(=O)O)c2)C(=O)/C1=C\c1cccc(OC(=O)c2cccs2)c1. The Hall–Kier alpha value is -3.75. The highest BCUT2D eigenvalue weighted by molar-refractivity contribution is 7.12. The Morgan fingerprint density at radius 1 is 1.16 bits per heavy atom. The molecule has 0 unspecified atom stereocenters. The number of carbonyl (C=O) groups excluding carboxylic acids is 2. The Morgan fingerprint density at radius 2 is 1.97 bits per heavy atom. The first-order valence-electron chi connectivity index (χ1n) is 9.34. The molecule has 32 heavy (non-hydrogen) atoms. The van der Waals surface area contributed by atoms with Crippen molar-refractivity contribution in [2.24, 2.45) is 5.10 Å². The molecular weight excluding hydrogens is 452 g/mol. The largest absolute Gasteiger partial charge is 0.478 e. The molecule has 1 amide bonds. The first-order valence-corrected chi connectivity index (χ1v) is 10.6. The lowest BCUT2D eigenvalue weighted by molar-refractivity contribution is -0.114. The molecule has 2 aromatic carbocycles. The molecule has 1 N–H and O–H groups in total. The number of thiophene rings is 1. The second-order valence-corrected chi connectivity index (χ2v) is 8.12. The quantitative estimate of drug-likeness (QED) is 0.319. The zero-order valence-electron chi connectivity index (χ0n) is 16.6. The Bertz CT molecular complexity index is 1300. The van der Waals surface area contributed by atoms with E-state index in [-0.39, 0.29) is 16.3 Å². The molecule has 160 valence electrons. The number of benzene rings is 2. The fourth-order valence-corrected chi connectivity index (χ4v) is 3.85. The van der Waals surface area contributed by atoms with Gasteiger partial charge in [0.1, 0.15) is 10.6 Å². The molecule has 1 aliphatic rings. The van der Waals surface area contributed by atoms with Crippen molar-refractivity contribution in [3.63, 3.8) is 0 Å². The van der Waals surface area contributed by atoms with Crippen LogP contribution >= 0.6 is 22.9 Å². The van der Waals surface area contributed by atoms with Crippen LogP contribution in [0.1, 0.15) is 32.5 Å². The van der Waals surface area contributed by atoms with Gasteiger partial charge in [-0.15, -0.1) is 11.3 Å². The number of hydrogen-bond donors (Lipinski definition) is 1. The van der Waals surface area contributed by atoms with Crippen molar-refractivity contribution in [2.45, 2.75) is 6.92 Å². The van der Waals surface area contributed by atoms with Crippen LogP contribution in [0.4, 0.5) is 5.69 Å². The zero-order chi connectivity index (χ0) is 22.8. The summed E-state index contributed by atoms with van der Waals surface area (Å²) in [6.07, 6.45) is 1.64. The summed E-state index contributed by atoms with van der Waals surface area (Å²) < 4.78 is 5.40. The molecule has 0 saturated heterocycles. The molecule has 4 rings (SSSR count). The predicted octanol–water partition coefficient (Wildman–Crippen LogP) is 5.13. The van der Waals surface area contributed by atoms with Crippen LogP contribution in [0.5, 0.6) is 5.75 Å². The van der Waals surface area contributed by atoms with E-state index in [0.29, 0.717) is 27.5 Å². The average Bonchev–Trinajstić information content (AvgIpc) is 3.39. The van der Waals surface area contributed by atoms with Gasteiger partial charge in [0.05, 0.1) is 27.6 Å². The third-order valence-electron chi connectivity index (χ3n) is 4.59. The van der Waals surface area contributed by atoms with E-state index in [4.69, 9.17) is 16.3 Å². The topological polar surface area (TPSA) is 96.3 Å². The van der Waals surface area contributed by atoms with Crippen LogP contribution < -0.4 is 9.75 Å². The fourth-order valence-electron chi connectivity index (χ4n) is 3.05. The van der Waals surface area contributed by atoms with Crippen LogP contribution in [0.25, 0.3) is 6.08 Å². The standard InChI is InChI=1S/C23H15ClN2O5S/c1-13-17(21(27)26(25-13)15-7-8-19(24)18(12-15)22(28)29)11-14-4-2-5-16(10-14)31-23(30)20-6-3-9-32-20/h2-12H,1H3,(H,28,29)/b17-11-. The molecule has 0 fully saturated rings. The van der Waals surface area contributed by atoms with Gasteiger partial charge >= 0.3 is 11.9 Å². The van der Waals surface area contributed by atoms with E-state index >= 15 is 0 Å². The second-order valence-electron chi connectivity index (χ2n) is 6.77. The number of aromatic carboxylic acids is 1. The first kappa shape index (κ1) is 21.5. The van der Waals surface area contributed by atoms with Gasteiger partial charge in [-0.3, -0.25) is 4.79 Å². The first-order chi connectivity index (χ1) is 15.3. The molecule has 0 radical (unpaired) electrons. The smallest absolute Gasteiger partial charge is 0.353 e. The Labute approximate surface area is 191 Å². The van der Waals surface area contributed by atoms with E-state index in [1.807, 2.05) is 0 Å². The van der Waals surface area contributed by atoms with Crippen LogP contribution in [0, 0.1) is 0 Å². The van der Waals surface area contributed by atoms with E-state index in [1.54, 1.807) is 54.8 Å². The third kappa shape index (κ3) is 4.32. The molecule has 0 atom stereocenters. The molecule has 0 saturated carbocycles. The number of esters is 1. The number of ether oxygens (including phenoxy) is 1. The van der Waals surface area contributed by atoms with Crippen LogP contribution in [0.15, 0.2) is 70.7 Å². The van der Waals surface area contributed by atoms with Crippen LogP contribution in [-0.4, -0.2) is 28.7 Å². The molecular formula is C23H15ClN2O5S. The second kappa shape index (κ2) is 8.78. The minimum Gasteiger partial charge on any atom is -0.478 e. The number of halogens is 1. The minimum absolute atomic E-state index is 0.0678. The maximum Gasteiger partial charge on any atom is 0.353 e. The van der Waals surface area contributed by atoms with Crippen molar-refractivity contribution in [1.82, 2.24) is 0 Å². The number of amides is 1. The van der Waals surface area contributed by atoms with Crippen molar-refractivity contribution in [1.29, 1.82) is 0 Å². The number of rotatable bonds is 5. The van der Waals surface area contributed by atoms with Crippen LogP contribution in [0.2, 0.25) is 5.02 Å². The van der Waals surface area contributed by atoms with Gasteiger partial charge in [-0.1, -0.05) is 29.8 Å². The lowest BCUT2D eigenvalue weighted by Gasteiger charge is -2.13.